The Morgan fingerprint density at radius 2 is 1.78 bits per heavy atom. The highest BCUT2D eigenvalue weighted by molar-refractivity contribution is 7.17. The van der Waals surface area contributed by atoms with Crippen LogP contribution in [0.5, 0.6) is 11.5 Å². The zero-order valence-corrected chi connectivity index (χ0v) is 25.9. The molecule has 1 fully saturated rings. The van der Waals surface area contributed by atoms with Crippen LogP contribution in [0.1, 0.15) is 50.6 Å². The third kappa shape index (κ3) is 6.51. The number of nitrogens with zero attached hydrogens (tertiary/aromatic N) is 2. The van der Waals surface area contributed by atoms with E-state index in [2.05, 4.69) is 11.6 Å². The first-order valence-electron chi connectivity index (χ1n) is 14.3. The molecule has 1 amide bonds. The lowest BCUT2D eigenvalue weighted by Crippen LogP contribution is -2.29. The molecule has 1 aliphatic rings. The summed E-state index contributed by atoms with van der Waals surface area (Å²) in [5.74, 6) is -1.49. The monoisotopic (exact) mass is 624 g/mol. The fourth-order valence-electron chi connectivity index (χ4n) is 4.98. The Balaban J connectivity index is 1.56. The van der Waals surface area contributed by atoms with Crippen LogP contribution in [-0.4, -0.2) is 41.0 Å². The smallest absolute Gasteiger partial charge is 0.350 e. The lowest BCUT2D eigenvalue weighted by molar-refractivity contribution is -0.132. The van der Waals surface area contributed by atoms with Crippen molar-refractivity contribution in [2.24, 2.45) is 0 Å². The first kappa shape index (κ1) is 31.2. The number of rotatable bonds is 11. The molecule has 1 saturated heterocycles. The topological polar surface area (TPSA) is 115 Å². The molecule has 230 valence electrons. The molecular formula is C35H32N2O7S. The van der Waals surface area contributed by atoms with E-state index in [4.69, 9.17) is 14.2 Å². The molecule has 0 spiro atoms. The van der Waals surface area contributed by atoms with E-state index in [-0.39, 0.29) is 27.9 Å². The molecule has 45 heavy (non-hydrogen) atoms. The molecule has 1 aliphatic heterocycles. The summed E-state index contributed by atoms with van der Waals surface area (Å²) < 4.78 is 16.7. The van der Waals surface area contributed by atoms with Gasteiger partial charge in [-0.05, 0) is 67.8 Å². The minimum absolute atomic E-state index is 0.0116. The lowest BCUT2D eigenvalue weighted by atomic mass is 9.95. The number of aromatic nitrogens is 1. The molecule has 1 atom stereocenters. The second-order valence-electron chi connectivity index (χ2n) is 10.2. The van der Waals surface area contributed by atoms with Crippen molar-refractivity contribution in [1.29, 1.82) is 0 Å². The van der Waals surface area contributed by atoms with Gasteiger partial charge in [0.05, 0.1) is 23.9 Å². The Bertz CT molecular complexity index is 1780. The highest BCUT2D eigenvalue weighted by Crippen LogP contribution is 2.44. The Labute approximate surface area is 265 Å². The number of benzene rings is 3. The van der Waals surface area contributed by atoms with Crippen LogP contribution >= 0.6 is 11.3 Å². The van der Waals surface area contributed by atoms with Crippen molar-refractivity contribution in [3.8, 4) is 11.5 Å². The molecule has 5 rings (SSSR count). The highest BCUT2D eigenvalue weighted by atomic mass is 32.1. The summed E-state index contributed by atoms with van der Waals surface area (Å²) in [6.45, 7) is 9.72. The largest absolute Gasteiger partial charge is 0.507 e. The molecule has 0 saturated carbocycles. The van der Waals surface area contributed by atoms with Crippen LogP contribution in [0.4, 0.5) is 5.13 Å². The van der Waals surface area contributed by atoms with Crippen molar-refractivity contribution in [1.82, 2.24) is 4.98 Å². The normalized spacial score (nSPS) is 15.6. The first-order chi connectivity index (χ1) is 21.7. The van der Waals surface area contributed by atoms with Gasteiger partial charge in [-0.3, -0.25) is 14.5 Å². The number of thiazole rings is 1. The summed E-state index contributed by atoms with van der Waals surface area (Å²) in [7, 11) is 0. The van der Waals surface area contributed by atoms with E-state index in [1.54, 1.807) is 49.4 Å². The Hall–Kier alpha value is -5.22. The number of hydrogen-bond acceptors (Lipinski definition) is 9. The number of esters is 1. The van der Waals surface area contributed by atoms with Crippen LogP contribution in [0.3, 0.4) is 0 Å². The second-order valence-corrected chi connectivity index (χ2v) is 11.2. The van der Waals surface area contributed by atoms with E-state index in [0.29, 0.717) is 41.5 Å². The van der Waals surface area contributed by atoms with Gasteiger partial charge in [-0.1, -0.05) is 66.5 Å². The maximum atomic E-state index is 13.7. The van der Waals surface area contributed by atoms with Crippen LogP contribution in [0.15, 0.2) is 91.0 Å². The molecule has 1 N–H and O–H groups in total. The number of Topliss-reactive ketones (excluding diaryl/α,β-unsaturated/α-hetero) is 1. The van der Waals surface area contributed by atoms with Crippen molar-refractivity contribution >= 4 is 39.9 Å². The molecule has 10 heteroatoms. The predicted molar refractivity (Wildman–Crippen MR) is 172 cm³/mol. The van der Waals surface area contributed by atoms with E-state index in [9.17, 15) is 19.5 Å². The van der Waals surface area contributed by atoms with Crippen LogP contribution < -0.4 is 14.4 Å². The standard InChI is InChI=1S/C35H32N2O7S/c1-5-18-43-34(41)32-22(4)36-35(45-32)37-29(24-12-15-26(16-13-24)42-6-2)28(31(39)33(37)40)30(38)25-14-17-27(21(3)19-25)44-20-23-10-8-7-9-11-23/h5,7-17,19,29,38H,1,6,18,20H2,2-4H3/t29-/m0/s1. The van der Waals surface area contributed by atoms with Crippen molar-refractivity contribution in [3.05, 3.63) is 124 Å². The summed E-state index contributed by atoms with van der Waals surface area (Å²) in [5.41, 5.74) is 2.87. The van der Waals surface area contributed by atoms with Gasteiger partial charge in [0.2, 0.25) is 0 Å². The van der Waals surface area contributed by atoms with E-state index in [1.165, 1.54) is 11.0 Å². The molecule has 4 aromatic rings. The fraction of sp³-hybridized carbons (Fsp3) is 0.200. The fourth-order valence-corrected chi connectivity index (χ4v) is 5.97. The molecule has 0 bridgehead atoms. The van der Waals surface area contributed by atoms with Crippen molar-refractivity contribution in [3.63, 3.8) is 0 Å². The van der Waals surface area contributed by atoms with Crippen molar-refractivity contribution in [2.75, 3.05) is 18.1 Å². The summed E-state index contributed by atoms with van der Waals surface area (Å²) in [4.78, 5) is 45.8. The third-order valence-corrected chi connectivity index (χ3v) is 8.28. The SMILES string of the molecule is C=CCOC(=O)c1sc(N2C(=O)C(=O)C(=C(O)c3ccc(OCc4ccccc4)c(C)c3)[C@@H]2c2ccc(OCC)cc2)nc1C. The summed E-state index contributed by atoms with van der Waals surface area (Å²) >= 11 is 0.936. The maximum Gasteiger partial charge on any atom is 0.350 e. The number of ether oxygens (including phenoxy) is 3. The number of carbonyl (C=O) groups excluding carboxylic acids is 3. The average molecular weight is 625 g/mol. The molecular weight excluding hydrogens is 592 g/mol. The molecule has 3 aromatic carbocycles. The van der Waals surface area contributed by atoms with Crippen molar-refractivity contribution < 1.29 is 33.7 Å². The van der Waals surface area contributed by atoms with Gasteiger partial charge in [0.15, 0.2) is 5.13 Å². The van der Waals surface area contributed by atoms with Gasteiger partial charge in [0, 0.05) is 5.56 Å². The molecule has 2 heterocycles. The van der Waals surface area contributed by atoms with E-state index in [1.807, 2.05) is 44.2 Å². The summed E-state index contributed by atoms with van der Waals surface area (Å²) in [5, 5.41) is 11.7. The quantitative estimate of drug-likeness (QED) is 0.0644. The number of aliphatic hydroxyl groups excluding tert-OH is 1. The van der Waals surface area contributed by atoms with Gasteiger partial charge in [-0.15, -0.1) is 0 Å². The Morgan fingerprint density at radius 1 is 1.04 bits per heavy atom. The number of aryl methyl sites for hydroxylation is 2. The predicted octanol–water partition coefficient (Wildman–Crippen LogP) is 6.71. The Morgan fingerprint density at radius 3 is 2.44 bits per heavy atom. The lowest BCUT2D eigenvalue weighted by Gasteiger charge is -2.23. The van der Waals surface area contributed by atoms with Crippen molar-refractivity contribution in [2.45, 2.75) is 33.4 Å². The van der Waals surface area contributed by atoms with E-state index in [0.717, 1.165) is 22.5 Å². The van der Waals surface area contributed by atoms with E-state index < -0.39 is 23.7 Å². The number of carbonyl (C=O) groups is 3. The highest BCUT2D eigenvalue weighted by Gasteiger charge is 2.48. The molecule has 1 aromatic heterocycles. The van der Waals surface area contributed by atoms with Crippen LogP contribution in [-0.2, 0) is 20.9 Å². The number of hydrogen-bond donors (Lipinski definition) is 1. The third-order valence-electron chi connectivity index (χ3n) is 7.15. The number of aliphatic hydroxyl groups is 1. The van der Waals surface area contributed by atoms with Crippen LogP contribution in [0, 0.1) is 13.8 Å². The summed E-state index contributed by atoms with van der Waals surface area (Å²) in [6, 6.07) is 20.7. The van der Waals surface area contributed by atoms with Crippen LogP contribution in [0.2, 0.25) is 0 Å². The van der Waals surface area contributed by atoms with Gasteiger partial charge < -0.3 is 19.3 Å². The number of anilines is 1. The second kappa shape index (κ2) is 13.6. The zero-order valence-electron chi connectivity index (χ0n) is 25.1. The first-order valence-corrected chi connectivity index (χ1v) is 15.1. The molecule has 9 nitrogen and oxygen atoms in total. The molecule has 0 radical (unpaired) electrons. The zero-order chi connectivity index (χ0) is 32.1. The average Bonchev–Trinajstić information content (AvgIpc) is 3.55. The summed E-state index contributed by atoms with van der Waals surface area (Å²) in [6.07, 6.45) is 1.45. The minimum Gasteiger partial charge on any atom is -0.507 e. The maximum absolute atomic E-state index is 13.7. The molecule has 0 unspecified atom stereocenters. The minimum atomic E-state index is -1.03. The van der Waals surface area contributed by atoms with Gasteiger partial charge in [0.25, 0.3) is 5.78 Å². The number of amides is 1. The van der Waals surface area contributed by atoms with Gasteiger partial charge in [-0.2, -0.15) is 0 Å². The van der Waals surface area contributed by atoms with Gasteiger partial charge in [0.1, 0.15) is 35.3 Å². The van der Waals surface area contributed by atoms with Gasteiger partial charge >= 0.3 is 11.9 Å². The molecule has 0 aliphatic carbocycles. The van der Waals surface area contributed by atoms with E-state index >= 15 is 0 Å². The van der Waals surface area contributed by atoms with Gasteiger partial charge in [-0.25, -0.2) is 9.78 Å². The van der Waals surface area contributed by atoms with Crippen LogP contribution in [0.25, 0.3) is 5.76 Å². The Kier molecular flexibility index (Phi) is 9.44. The number of ketones is 1.